The molecular formula is C54H86O21. The Bertz CT molecular complexity index is 2010. The summed E-state index contributed by atoms with van der Waals surface area (Å²) >= 11 is 0. The predicted octanol–water partition coefficient (Wildman–Crippen LogP) is 2.70. The number of rotatable bonds is 14. The Hall–Kier alpha value is -1.10. The average Bonchev–Trinajstić information content (AvgIpc) is 4.07. The van der Waals surface area contributed by atoms with Gasteiger partial charge < -0.3 is 101 Å². The van der Waals surface area contributed by atoms with Crippen molar-refractivity contribution in [3.63, 3.8) is 0 Å². The van der Waals surface area contributed by atoms with E-state index in [0.29, 0.717) is 31.3 Å². The van der Waals surface area contributed by atoms with Gasteiger partial charge in [-0.15, -0.1) is 0 Å². The van der Waals surface area contributed by atoms with E-state index >= 15 is 0 Å². The first-order chi connectivity index (χ1) is 35.8. The van der Waals surface area contributed by atoms with Crippen molar-refractivity contribution in [2.75, 3.05) is 34.5 Å². The molecule has 3 aliphatic carbocycles. The topological polar surface area (TPSA) is 249 Å². The van der Waals surface area contributed by atoms with Crippen LogP contribution in [0.5, 0.6) is 0 Å². The third-order valence-electron chi connectivity index (χ3n) is 20.0. The fourth-order valence-corrected chi connectivity index (χ4v) is 16.1. The molecule has 21 nitrogen and oxygen atoms in total. The Kier molecular flexibility index (Phi) is 15.9. The fraction of sp³-hybridized carbons (Fsp3) is 0.963. The second-order valence-electron chi connectivity index (χ2n) is 24.3. The quantitative estimate of drug-likeness (QED) is 0.157. The van der Waals surface area contributed by atoms with Gasteiger partial charge in [-0.05, 0) is 84.5 Å². The molecule has 0 aromatic heterocycles. The maximum Gasteiger partial charge on any atom is 0.187 e. The average molecular weight is 1070 g/mol. The molecule has 21 heteroatoms. The zero-order valence-electron chi connectivity index (χ0n) is 45.3. The Balaban J connectivity index is 0.645. The summed E-state index contributed by atoms with van der Waals surface area (Å²) in [4.78, 5) is 0. The van der Waals surface area contributed by atoms with Crippen LogP contribution in [0.15, 0.2) is 11.6 Å². The van der Waals surface area contributed by atoms with Gasteiger partial charge in [0.05, 0.1) is 80.2 Å². The van der Waals surface area contributed by atoms with Gasteiger partial charge in [-0.2, -0.15) is 0 Å². The molecule has 0 spiro atoms. The minimum atomic E-state index is -1.60. The number of hydrogen-bond donors (Lipinski definition) is 5. The summed E-state index contributed by atoms with van der Waals surface area (Å²) in [5.41, 5.74) is 1.51. The van der Waals surface area contributed by atoms with Crippen molar-refractivity contribution in [3.8, 4) is 0 Å². The summed E-state index contributed by atoms with van der Waals surface area (Å²) in [5.74, 6) is -0.0949. The number of fused-ring (bicyclic) bond motifs is 3. The van der Waals surface area contributed by atoms with Crippen LogP contribution in [0.25, 0.3) is 0 Å². The summed E-state index contributed by atoms with van der Waals surface area (Å²) in [6.45, 7) is 14.5. The molecule has 8 saturated heterocycles. The number of aliphatic hydroxyl groups is 5. The SMILES string of the molecule is CO[C@H]1C[C@H](O[C@H]2CC[C@@]3(C)C(=CC[C@@H]4[C@@H]3CC[C@]3(C)[C@@H]5[C@H]6CO[C@]5(C)O[C@@]43O6)C2)O[C@H](C)[C@H]1O[C@H]1C[C@H](OC)[C@H](O[C@H]2C[C@@H](O)[C@H](O[C@H]3C[C@@H](OC)[C@H](O[C@@H]4O[C@H](CO)[C@@H](O)[C@H](O)[C@H]4O)[C@@H](C)O3)[C@@H](C)O2)[C@@H](C)O1. The maximum absolute atomic E-state index is 11.5. The molecule has 0 aromatic rings. The second-order valence-corrected chi connectivity index (χ2v) is 24.3. The van der Waals surface area contributed by atoms with Crippen molar-refractivity contribution >= 4 is 0 Å². The van der Waals surface area contributed by atoms with Gasteiger partial charge in [-0.3, -0.25) is 0 Å². The Morgan fingerprint density at radius 1 is 0.613 bits per heavy atom. The largest absolute Gasteiger partial charge is 0.394 e. The van der Waals surface area contributed by atoms with Crippen LogP contribution < -0.4 is 0 Å². The first-order valence-corrected chi connectivity index (χ1v) is 27.9. The molecule has 10 fully saturated rings. The lowest BCUT2D eigenvalue weighted by atomic mass is 9.48. The Labute approximate surface area is 440 Å². The summed E-state index contributed by atoms with van der Waals surface area (Å²) in [6.07, 6.45) is -7.07. The number of aliphatic hydroxyl groups excluding tert-OH is 5. The standard InChI is InChI=1S/C54H86O21/c1-24-45(70-40-21-35(62-10)48(27(4)67-40)73-50-44(59)43(58)42(57)36(22-55)69-50)32(56)18-38(64-24)71-46-26(3)66-41(20-34(46)61-9)72-47-25(2)65-39(19-33(47)60-8)68-29-13-15-51(5)28(17-29)11-12-31-30(51)14-16-52(6)49-37-23-63-53(49,7)75-54(31,52)74-37/h11,24-27,29-50,55-59H,12-23H2,1-10H3/t24-,25-,26-,27-,29+,30+,31-,32-,33+,34+,35-,36-,37-,38+,39+,40+,41+,42-,43+,44-,45-,46-,47-,48-,49+,50+,51+,52-,53-,54+/m1/s1. The molecule has 11 aliphatic rings. The van der Waals surface area contributed by atoms with E-state index in [4.69, 9.17) is 75.8 Å². The van der Waals surface area contributed by atoms with E-state index < -0.39 is 135 Å². The van der Waals surface area contributed by atoms with Crippen LogP contribution in [-0.2, 0) is 75.8 Å². The third kappa shape index (κ3) is 9.55. The highest BCUT2D eigenvalue weighted by Gasteiger charge is 2.83. The minimum Gasteiger partial charge on any atom is -0.394 e. The molecule has 75 heavy (non-hydrogen) atoms. The predicted molar refractivity (Wildman–Crippen MR) is 258 cm³/mol. The van der Waals surface area contributed by atoms with E-state index in [-0.39, 0.29) is 54.0 Å². The number of hydrogen-bond acceptors (Lipinski definition) is 21. The molecule has 0 radical (unpaired) electrons. The highest BCUT2D eigenvalue weighted by Crippen LogP contribution is 2.76. The fourth-order valence-electron chi connectivity index (χ4n) is 16.1. The maximum atomic E-state index is 11.5. The van der Waals surface area contributed by atoms with Crippen LogP contribution in [0.3, 0.4) is 0 Å². The van der Waals surface area contributed by atoms with Gasteiger partial charge in [0.1, 0.15) is 48.8 Å². The lowest BCUT2D eigenvalue weighted by molar-refractivity contribution is -0.359. The Morgan fingerprint density at radius 2 is 1.16 bits per heavy atom. The highest BCUT2D eigenvalue weighted by molar-refractivity contribution is 5.30. The molecule has 2 bridgehead atoms. The van der Waals surface area contributed by atoms with Crippen molar-refractivity contribution in [1.82, 2.24) is 0 Å². The molecule has 5 N–H and O–H groups in total. The molecule has 0 aromatic carbocycles. The van der Waals surface area contributed by atoms with Crippen LogP contribution in [-0.4, -0.2) is 213 Å². The van der Waals surface area contributed by atoms with Crippen LogP contribution >= 0.6 is 0 Å². The summed E-state index contributed by atoms with van der Waals surface area (Å²) in [6, 6.07) is 0. The smallest absolute Gasteiger partial charge is 0.187 e. The summed E-state index contributed by atoms with van der Waals surface area (Å²) in [7, 11) is 4.83. The molecular weight excluding hydrogens is 985 g/mol. The van der Waals surface area contributed by atoms with Crippen molar-refractivity contribution in [3.05, 3.63) is 11.6 Å². The van der Waals surface area contributed by atoms with Crippen LogP contribution in [0.1, 0.15) is 113 Å². The zero-order chi connectivity index (χ0) is 53.1. The van der Waals surface area contributed by atoms with E-state index in [1.807, 2.05) is 13.8 Å². The molecule has 11 rings (SSSR count). The van der Waals surface area contributed by atoms with E-state index in [1.54, 1.807) is 28.1 Å². The van der Waals surface area contributed by atoms with Crippen LogP contribution in [0.2, 0.25) is 0 Å². The van der Waals surface area contributed by atoms with E-state index in [0.717, 1.165) is 32.1 Å². The first-order valence-electron chi connectivity index (χ1n) is 27.9. The molecule has 8 aliphatic heterocycles. The highest BCUT2D eigenvalue weighted by atomic mass is 16.8. The van der Waals surface area contributed by atoms with Gasteiger partial charge in [0, 0.05) is 58.3 Å². The van der Waals surface area contributed by atoms with Gasteiger partial charge in [-0.1, -0.05) is 25.5 Å². The van der Waals surface area contributed by atoms with Crippen LogP contribution in [0.4, 0.5) is 0 Å². The Morgan fingerprint density at radius 3 is 1.72 bits per heavy atom. The van der Waals surface area contributed by atoms with Gasteiger partial charge in [0.2, 0.25) is 0 Å². The first kappa shape index (κ1) is 55.8. The summed E-state index contributed by atoms with van der Waals surface area (Å²) < 4.78 is 101. The second kappa shape index (κ2) is 21.3. The zero-order valence-corrected chi connectivity index (χ0v) is 45.3. The monoisotopic (exact) mass is 1070 g/mol. The third-order valence-corrected chi connectivity index (χ3v) is 20.0. The molecule has 2 saturated carbocycles. The van der Waals surface area contributed by atoms with Gasteiger partial charge in [-0.25, -0.2) is 0 Å². The molecule has 0 unspecified atom stereocenters. The number of methoxy groups -OCH3 is 3. The van der Waals surface area contributed by atoms with Crippen molar-refractivity contribution in [2.45, 2.75) is 266 Å². The molecule has 428 valence electrons. The number of allylic oxidation sites excluding steroid dienone is 1. The normalized spacial score (nSPS) is 56.5. The molecule has 0 amide bonds. The van der Waals surface area contributed by atoms with E-state index in [9.17, 15) is 25.5 Å². The lowest BCUT2D eigenvalue weighted by Crippen LogP contribution is -2.62. The lowest BCUT2D eigenvalue weighted by Gasteiger charge is -2.59. The van der Waals surface area contributed by atoms with Crippen molar-refractivity contribution < 1.29 is 101 Å². The van der Waals surface area contributed by atoms with Crippen molar-refractivity contribution in [1.29, 1.82) is 0 Å². The van der Waals surface area contributed by atoms with E-state index in [2.05, 4.69) is 26.8 Å². The molecule has 8 heterocycles. The van der Waals surface area contributed by atoms with Gasteiger partial charge in [0.15, 0.2) is 43.0 Å². The van der Waals surface area contributed by atoms with Gasteiger partial charge >= 0.3 is 0 Å². The van der Waals surface area contributed by atoms with Crippen LogP contribution in [0, 0.1) is 28.6 Å². The minimum absolute atomic E-state index is 0.0286. The van der Waals surface area contributed by atoms with Gasteiger partial charge in [0.25, 0.3) is 0 Å². The van der Waals surface area contributed by atoms with Crippen molar-refractivity contribution in [2.24, 2.45) is 28.6 Å². The summed E-state index contributed by atoms with van der Waals surface area (Å²) in [5, 5.41) is 52.2. The molecule has 30 atom stereocenters. The van der Waals surface area contributed by atoms with E-state index in [1.165, 1.54) is 19.1 Å². The number of ether oxygens (including phenoxy) is 16.